The van der Waals surface area contributed by atoms with E-state index in [2.05, 4.69) is 0 Å². The van der Waals surface area contributed by atoms with E-state index in [1.807, 2.05) is 0 Å². The van der Waals surface area contributed by atoms with Crippen molar-refractivity contribution in [3.8, 4) is 0 Å². The first-order chi connectivity index (χ1) is 16.7. The molecule has 0 spiro atoms. The number of carbonyl (C=O) groups is 2. The van der Waals surface area contributed by atoms with Gasteiger partial charge in [-0.25, -0.2) is 0 Å². The molecule has 10 unspecified atom stereocenters. The van der Waals surface area contributed by atoms with Gasteiger partial charge in [-0.3, -0.25) is 9.59 Å². The summed E-state index contributed by atoms with van der Waals surface area (Å²) >= 11 is 0. The third-order valence-electron chi connectivity index (χ3n) is 6.26. The van der Waals surface area contributed by atoms with Gasteiger partial charge in [-0.15, -0.1) is 0 Å². The number of aliphatic hydroxyl groups is 6. The Morgan fingerprint density at radius 2 is 1.17 bits per heavy atom. The Balaban J connectivity index is 2.14. The maximum absolute atomic E-state index is 11.8. The lowest BCUT2D eigenvalue weighted by atomic mass is 9.86. The van der Waals surface area contributed by atoms with Gasteiger partial charge in [0.05, 0.1) is 26.4 Å². The molecule has 13 nitrogen and oxygen atoms in total. The molecule has 2 aliphatic rings. The molecule has 0 radical (unpaired) electrons. The maximum atomic E-state index is 11.8. The molecule has 0 saturated carbocycles. The first kappa shape index (κ1) is 29.8. The summed E-state index contributed by atoms with van der Waals surface area (Å²) in [5, 5.41) is 60.9. The summed E-state index contributed by atoms with van der Waals surface area (Å²) in [5.74, 6) is -2.94. The van der Waals surface area contributed by atoms with Crippen molar-refractivity contribution < 1.29 is 63.9 Å². The Kier molecular flexibility index (Phi) is 12.2. The van der Waals surface area contributed by atoms with Gasteiger partial charge < -0.3 is 54.3 Å². The summed E-state index contributed by atoms with van der Waals surface area (Å²) in [5.41, 5.74) is 0. The Bertz CT molecular complexity index is 607. The van der Waals surface area contributed by atoms with Crippen LogP contribution in [-0.4, -0.2) is 118 Å². The van der Waals surface area contributed by atoms with Crippen LogP contribution in [0.4, 0.5) is 0 Å². The third-order valence-corrected chi connectivity index (χ3v) is 6.26. The van der Waals surface area contributed by atoms with Gasteiger partial charge in [-0.2, -0.15) is 0 Å². The van der Waals surface area contributed by atoms with Crippen LogP contribution in [-0.2, 0) is 33.3 Å². The van der Waals surface area contributed by atoms with Gasteiger partial charge in [0.15, 0.2) is 12.6 Å². The average Bonchev–Trinajstić information content (AvgIpc) is 2.87. The topological polar surface area (TPSA) is 202 Å². The molecule has 10 atom stereocenters. The van der Waals surface area contributed by atoms with Crippen LogP contribution in [0.15, 0.2) is 0 Å². The monoisotopic (exact) mass is 510 g/mol. The van der Waals surface area contributed by atoms with Gasteiger partial charge in [-0.1, -0.05) is 13.8 Å². The highest BCUT2D eigenvalue weighted by Crippen LogP contribution is 2.33. The number of hydrogen-bond donors (Lipinski definition) is 6. The van der Waals surface area contributed by atoms with Crippen molar-refractivity contribution in [2.75, 3.05) is 26.4 Å². The number of hydrogen-bond acceptors (Lipinski definition) is 13. The highest BCUT2D eigenvalue weighted by molar-refractivity contribution is 5.69. The van der Waals surface area contributed by atoms with Crippen molar-refractivity contribution in [2.24, 2.45) is 11.8 Å². The molecule has 2 rings (SSSR count). The zero-order valence-corrected chi connectivity index (χ0v) is 20.0. The SMILES string of the molecule is CCC(=O)OC(C(O)CO)C1CCOC(OC2OCCC(C(OC(=O)CC)C(O)CO)C2O)C1O. The predicted octanol–water partition coefficient (Wildman–Crippen LogP) is -2.20. The molecule has 13 heteroatoms. The molecule has 6 N–H and O–H groups in total. The quantitative estimate of drug-likeness (QED) is 0.155. The van der Waals surface area contributed by atoms with Gasteiger partial charge in [0.2, 0.25) is 0 Å². The second-order valence-electron chi connectivity index (χ2n) is 8.62. The van der Waals surface area contributed by atoms with Crippen LogP contribution >= 0.6 is 0 Å². The van der Waals surface area contributed by atoms with Gasteiger partial charge in [0.1, 0.15) is 36.6 Å². The fourth-order valence-electron chi connectivity index (χ4n) is 4.25. The molecule has 35 heavy (non-hydrogen) atoms. The Hall–Kier alpha value is -1.42. The number of carbonyl (C=O) groups excluding carboxylic acids is 2. The first-order valence-corrected chi connectivity index (χ1v) is 11.9. The highest BCUT2D eigenvalue weighted by Gasteiger charge is 2.47. The number of ether oxygens (including phenoxy) is 5. The fourth-order valence-corrected chi connectivity index (χ4v) is 4.25. The number of aliphatic hydroxyl groups excluding tert-OH is 6. The molecule has 2 saturated heterocycles. The molecule has 0 amide bonds. The van der Waals surface area contributed by atoms with E-state index in [0.29, 0.717) is 0 Å². The molecular weight excluding hydrogens is 472 g/mol. The van der Waals surface area contributed by atoms with E-state index in [1.54, 1.807) is 13.8 Å². The highest BCUT2D eigenvalue weighted by atomic mass is 16.8. The summed E-state index contributed by atoms with van der Waals surface area (Å²) in [7, 11) is 0. The van der Waals surface area contributed by atoms with Gasteiger partial charge in [0, 0.05) is 24.7 Å². The van der Waals surface area contributed by atoms with E-state index >= 15 is 0 Å². The Labute approximate surface area is 203 Å². The molecule has 204 valence electrons. The van der Waals surface area contributed by atoms with Crippen LogP contribution < -0.4 is 0 Å². The van der Waals surface area contributed by atoms with Crippen LogP contribution in [0.2, 0.25) is 0 Å². The minimum atomic E-state index is -1.45. The zero-order valence-electron chi connectivity index (χ0n) is 20.0. The summed E-state index contributed by atoms with van der Waals surface area (Å²) in [6.45, 7) is 1.83. The van der Waals surface area contributed by atoms with Crippen molar-refractivity contribution in [1.82, 2.24) is 0 Å². The molecule has 0 bridgehead atoms. The van der Waals surface area contributed by atoms with Crippen molar-refractivity contribution in [3.05, 3.63) is 0 Å². The molecule has 2 heterocycles. The Morgan fingerprint density at radius 1 is 0.800 bits per heavy atom. The lowest BCUT2D eigenvalue weighted by Crippen LogP contribution is -2.56. The minimum Gasteiger partial charge on any atom is -0.459 e. The smallest absolute Gasteiger partial charge is 0.305 e. The van der Waals surface area contributed by atoms with Crippen LogP contribution in [0.25, 0.3) is 0 Å². The zero-order chi connectivity index (χ0) is 26.1. The first-order valence-electron chi connectivity index (χ1n) is 11.9. The molecule has 0 aliphatic carbocycles. The lowest BCUT2D eigenvalue weighted by molar-refractivity contribution is -0.335. The van der Waals surface area contributed by atoms with Crippen molar-refractivity contribution >= 4 is 11.9 Å². The maximum Gasteiger partial charge on any atom is 0.305 e. The largest absolute Gasteiger partial charge is 0.459 e. The molecule has 0 aromatic heterocycles. The standard InChI is InChI=1S/C22H38O13/c1-3-15(27)33-19(13(25)9-23)11-5-7-31-21(17(11)29)35-22-18(30)12(6-8-32-22)20(14(26)10-24)34-16(28)4-2/h11-14,17-26,29-30H,3-10H2,1-2H3. The number of rotatable bonds is 12. The van der Waals surface area contributed by atoms with E-state index in [0.717, 1.165) is 0 Å². The second-order valence-corrected chi connectivity index (χ2v) is 8.62. The summed E-state index contributed by atoms with van der Waals surface area (Å²) in [4.78, 5) is 23.6. The summed E-state index contributed by atoms with van der Waals surface area (Å²) < 4.78 is 27.2. The van der Waals surface area contributed by atoms with Crippen molar-refractivity contribution in [3.63, 3.8) is 0 Å². The lowest BCUT2D eigenvalue weighted by Gasteiger charge is -2.43. The minimum absolute atomic E-state index is 0.0286. The van der Waals surface area contributed by atoms with Crippen molar-refractivity contribution in [1.29, 1.82) is 0 Å². The normalized spacial score (nSPS) is 32.8. The van der Waals surface area contributed by atoms with E-state index < -0.39 is 86.2 Å². The van der Waals surface area contributed by atoms with E-state index in [4.69, 9.17) is 23.7 Å². The third kappa shape index (κ3) is 7.78. The fraction of sp³-hybridized carbons (Fsp3) is 0.909. The van der Waals surface area contributed by atoms with Crippen LogP contribution in [0.1, 0.15) is 39.5 Å². The predicted molar refractivity (Wildman–Crippen MR) is 115 cm³/mol. The Morgan fingerprint density at radius 3 is 1.49 bits per heavy atom. The van der Waals surface area contributed by atoms with E-state index in [9.17, 15) is 40.2 Å². The van der Waals surface area contributed by atoms with Crippen LogP contribution in [0.3, 0.4) is 0 Å². The van der Waals surface area contributed by atoms with Gasteiger partial charge in [0.25, 0.3) is 0 Å². The van der Waals surface area contributed by atoms with Gasteiger partial charge >= 0.3 is 11.9 Å². The molecule has 0 aromatic carbocycles. The summed E-state index contributed by atoms with van der Waals surface area (Å²) in [6.07, 6.45) is -10.4. The second kappa shape index (κ2) is 14.4. The summed E-state index contributed by atoms with van der Waals surface area (Å²) in [6, 6.07) is 0. The van der Waals surface area contributed by atoms with Crippen LogP contribution in [0, 0.1) is 11.8 Å². The molecule has 2 fully saturated rings. The van der Waals surface area contributed by atoms with E-state index in [-0.39, 0.29) is 38.9 Å². The van der Waals surface area contributed by atoms with Crippen molar-refractivity contribution in [2.45, 2.75) is 88.7 Å². The van der Waals surface area contributed by atoms with Gasteiger partial charge in [-0.05, 0) is 12.8 Å². The van der Waals surface area contributed by atoms with Crippen LogP contribution in [0.5, 0.6) is 0 Å². The van der Waals surface area contributed by atoms with E-state index in [1.165, 1.54) is 0 Å². The average molecular weight is 511 g/mol. The molecular formula is C22H38O13. The number of esters is 2. The molecule has 2 aliphatic heterocycles. The molecule has 0 aromatic rings.